The van der Waals surface area contributed by atoms with Gasteiger partial charge in [-0.1, -0.05) is 36.4 Å². The van der Waals surface area contributed by atoms with Crippen LogP contribution in [0.15, 0.2) is 78.0 Å². The predicted molar refractivity (Wildman–Crippen MR) is 92.6 cm³/mol. The normalized spacial score (nSPS) is 10.4. The second-order valence-electron chi connectivity index (χ2n) is 5.03. The Labute approximate surface area is 139 Å². The highest BCUT2D eigenvalue weighted by atomic mass is 32.2. The summed E-state index contributed by atoms with van der Waals surface area (Å²) in [7, 11) is 0. The second-order valence-corrected chi connectivity index (χ2v) is 6.08. The number of hydrogen-bond donors (Lipinski definition) is 1. The molecule has 0 aliphatic heterocycles. The van der Waals surface area contributed by atoms with E-state index in [-0.39, 0.29) is 0 Å². The molecule has 23 heavy (non-hydrogen) atoms. The summed E-state index contributed by atoms with van der Waals surface area (Å²) in [6, 6.07) is 19.1. The van der Waals surface area contributed by atoms with Gasteiger partial charge in [0.2, 0.25) is 0 Å². The summed E-state index contributed by atoms with van der Waals surface area (Å²) in [6.45, 7) is 0. The average Bonchev–Trinajstić information content (AvgIpc) is 2.61. The van der Waals surface area contributed by atoms with Crippen molar-refractivity contribution < 1.29 is 9.90 Å². The number of pyridine rings is 1. The minimum absolute atomic E-state index is 0.325. The molecule has 0 bridgehead atoms. The molecule has 0 radical (unpaired) electrons. The number of aromatic nitrogens is 1. The smallest absolute Gasteiger partial charge is 0.336 e. The van der Waals surface area contributed by atoms with Crippen molar-refractivity contribution in [2.75, 3.05) is 0 Å². The maximum atomic E-state index is 11.5. The van der Waals surface area contributed by atoms with Gasteiger partial charge < -0.3 is 5.11 Å². The lowest BCUT2D eigenvalue weighted by atomic mass is 9.98. The third-order valence-corrected chi connectivity index (χ3v) is 4.49. The number of carboxylic acid groups (broad SMARTS) is 1. The van der Waals surface area contributed by atoms with Gasteiger partial charge in [0.1, 0.15) is 0 Å². The zero-order valence-corrected chi connectivity index (χ0v) is 13.2. The Kier molecular flexibility index (Phi) is 4.74. The topological polar surface area (TPSA) is 50.2 Å². The van der Waals surface area contributed by atoms with Crippen molar-refractivity contribution in [3.8, 4) is 11.1 Å². The number of benzene rings is 2. The van der Waals surface area contributed by atoms with Crippen LogP contribution in [0.3, 0.4) is 0 Å². The molecule has 114 valence electrons. The van der Waals surface area contributed by atoms with Gasteiger partial charge >= 0.3 is 5.97 Å². The fourth-order valence-corrected chi connectivity index (χ4v) is 3.15. The maximum Gasteiger partial charge on any atom is 0.336 e. The molecule has 3 nitrogen and oxygen atoms in total. The van der Waals surface area contributed by atoms with Crippen LogP contribution in [-0.2, 0) is 5.75 Å². The van der Waals surface area contributed by atoms with Crippen LogP contribution in [0.2, 0.25) is 0 Å². The minimum atomic E-state index is -0.907. The number of carboxylic acids is 1. The van der Waals surface area contributed by atoms with Crippen LogP contribution in [-0.4, -0.2) is 16.1 Å². The van der Waals surface area contributed by atoms with Gasteiger partial charge in [-0.3, -0.25) is 4.98 Å². The van der Waals surface area contributed by atoms with E-state index in [1.807, 2.05) is 60.8 Å². The molecule has 0 aliphatic carbocycles. The van der Waals surface area contributed by atoms with Crippen LogP contribution in [0.5, 0.6) is 0 Å². The molecular weight excluding hydrogens is 306 g/mol. The van der Waals surface area contributed by atoms with Crippen molar-refractivity contribution in [3.63, 3.8) is 0 Å². The third-order valence-electron chi connectivity index (χ3n) is 3.44. The highest BCUT2D eigenvalue weighted by Gasteiger charge is 2.12. The Bertz CT molecular complexity index is 804. The minimum Gasteiger partial charge on any atom is -0.478 e. The second kappa shape index (κ2) is 7.11. The van der Waals surface area contributed by atoms with Crippen LogP contribution in [0.25, 0.3) is 11.1 Å². The van der Waals surface area contributed by atoms with E-state index in [9.17, 15) is 9.90 Å². The van der Waals surface area contributed by atoms with Crippen molar-refractivity contribution in [3.05, 3.63) is 84.2 Å². The zero-order chi connectivity index (χ0) is 16.1. The van der Waals surface area contributed by atoms with E-state index >= 15 is 0 Å². The average molecular weight is 321 g/mol. The zero-order valence-electron chi connectivity index (χ0n) is 12.3. The molecule has 3 rings (SSSR count). The van der Waals surface area contributed by atoms with Crippen molar-refractivity contribution in [2.24, 2.45) is 0 Å². The Hall–Kier alpha value is -2.59. The molecule has 0 unspecified atom stereocenters. The summed E-state index contributed by atoms with van der Waals surface area (Å²) in [4.78, 5) is 16.7. The molecule has 2 aromatic carbocycles. The van der Waals surface area contributed by atoms with Crippen molar-refractivity contribution >= 4 is 17.7 Å². The molecule has 0 amide bonds. The van der Waals surface area contributed by atoms with E-state index in [0.717, 1.165) is 27.3 Å². The first-order chi connectivity index (χ1) is 11.2. The van der Waals surface area contributed by atoms with Crippen LogP contribution < -0.4 is 0 Å². The Morgan fingerprint density at radius 2 is 1.87 bits per heavy atom. The summed E-state index contributed by atoms with van der Waals surface area (Å²) in [5, 5.41) is 9.41. The fraction of sp³-hybridized carbons (Fsp3) is 0.0526. The monoisotopic (exact) mass is 321 g/mol. The van der Waals surface area contributed by atoms with Gasteiger partial charge in [0.25, 0.3) is 0 Å². The highest BCUT2D eigenvalue weighted by Crippen LogP contribution is 2.28. The van der Waals surface area contributed by atoms with Gasteiger partial charge in [0.05, 0.1) is 5.56 Å². The van der Waals surface area contributed by atoms with Gasteiger partial charge in [-0.25, -0.2) is 4.79 Å². The SMILES string of the molecule is O=C(O)c1ccc(CSc2cccnc2)cc1-c1ccccc1. The van der Waals surface area contributed by atoms with Crippen LogP contribution in [0.1, 0.15) is 15.9 Å². The van der Waals surface area contributed by atoms with Crippen LogP contribution in [0, 0.1) is 0 Å². The number of hydrogen-bond acceptors (Lipinski definition) is 3. The quantitative estimate of drug-likeness (QED) is 0.690. The lowest BCUT2D eigenvalue weighted by Crippen LogP contribution is -2.00. The molecule has 1 aromatic heterocycles. The molecule has 0 saturated heterocycles. The van der Waals surface area contributed by atoms with Crippen LogP contribution >= 0.6 is 11.8 Å². The van der Waals surface area contributed by atoms with Gasteiger partial charge in [-0.2, -0.15) is 0 Å². The summed E-state index contributed by atoms with van der Waals surface area (Å²) in [6.07, 6.45) is 3.58. The van der Waals surface area contributed by atoms with E-state index in [1.165, 1.54) is 0 Å². The van der Waals surface area contributed by atoms with Crippen molar-refractivity contribution in [1.29, 1.82) is 0 Å². The molecule has 0 spiro atoms. The summed E-state index contributed by atoms with van der Waals surface area (Å²) in [5.74, 6) is -0.138. The Morgan fingerprint density at radius 3 is 2.57 bits per heavy atom. The number of nitrogens with zero attached hydrogens (tertiary/aromatic N) is 1. The Balaban J connectivity index is 1.90. The Morgan fingerprint density at radius 1 is 1.04 bits per heavy atom. The molecular formula is C19H15NO2S. The molecule has 0 fully saturated rings. The third kappa shape index (κ3) is 3.79. The van der Waals surface area contributed by atoms with E-state index in [0.29, 0.717) is 5.56 Å². The summed E-state index contributed by atoms with van der Waals surface area (Å²) >= 11 is 1.68. The standard InChI is InChI=1S/C19H15NO2S/c21-19(22)17-9-8-14(13-23-16-7-4-10-20-12-16)11-18(17)15-5-2-1-3-6-15/h1-12H,13H2,(H,21,22). The molecule has 0 aliphatic rings. The predicted octanol–water partition coefficient (Wildman–Crippen LogP) is 4.74. The molecule has 0 saturated carbocycles. The molecule has 1 N–H and O–H groups in total. The molecule has 0 atom stereocenters. The van der Waals surface area contributed by atoms with E-state index < -0.39 is 5.97 Å². The van der Waals surface area contributed by atoms with Crippen LogP contribution in [0.4, 0.5) is 0 Å². The first kappa shape index (κ1) is 15.3. The summed E-state index contributed by atoms with van der Waals surface area (Å²) in [5.41, 5.74) is 3.08. The highest BCUT2D eigenvalue weighted by molar-refractivity contribution is 7.98. The molecule has 1 heterocycles. The van der Waals surface area contributed by atoms with Crippen molar-refractivity contribution in [1.82, 2.24) is 4.98 Å². The number of thioether (sulfide) groups is 1. The number of carbonyl (C=O) groups is 1. The summed E-state index contributed by atoms with van der Waals surface area (Å²) < 4.78 is 0. The lowest BCUT2D eigenvalue weighted by molar-refractivity contribution is 0.0697. The first-order valence-corrected chi connectivity index (χ1v) is 8.17. The molecule has 3 aromatic rings. The van der Waals surface area contributed by atoms with Gasteiger partial charge in [-0.15, -0.1) is 11.8 Å². The lowest BCUT2D eigenvalue weighted by Gasteiger charge is -2.09. The largest absolute Gasteiger partial charge is 0.478 e. The van der Waals surface area contributed by atoms with E-state index in [1.54, 1.807) is 24.0 Å². The van der Waals surface area contributed by atoms with Gasteiger partial charge in [0, 0.05) is 23.0 Å². The first-order valence-electron chi connectivity index (χ1n) is 7.18. The van der Waals surface area contributed by atoms with E-state index in [4.69, 9.17) is 0 Å². The maximum absolute atomic E-state index is 11.5. The van der Waals surface area contributed by atoms with E-state index in [2.05, 4.69) is 4.98 Å². The molecule has 4 heteroatoms. The number of rotatable bonds is 5. The number of aromatic carboxylic acids is 1. The van der Waals surface area contributed by atoms with Gasteiger partial charge in [0.15, 0.2) is 0 Å². The fourth-order valence-electron chi connectivity index (χ4n) is 2.32. The van der Waals surface area contributed by atoms with Gasteiger partial charge in [-0.05, 0) is 41.0 Å². The van der Waals surface area contributed by atoms with Crippen molar-refractivity contribution in [2.45, 2.75) is 10.6 Å².